The molecule has 1 aliphatic heterocycles. The summed E-state index contributed by atoms with van der Waals surface area (Å²) in [5.74, 6) is 2.12. The van der Waals surface area contributed by atoms with Crippen LogP contribution in [0, 0.1) is 34.5 Å². The maximum absolute atomic E-state index is 12.7. The molecule has 5 heteroatoms. The number of aliphatic hydroxyl groups excluding tert-OH is 2. The summed E-state index contributed by atoms with van der Waals surface area (Å²) in [6.45, 7) is 8.95. The molecule has 1 saturated heterocycles. The normalized spacial score (nSPS) is 54.0. The number of piperazine rings is 1. The van der Waals surface area contributed by atoms with E-state index in [9.17, 15) is 15.0 Å². The molecule has 0 aromatic heterocycles. The topological polar surface area (TPSA) is 64.0 Å². The molecule has 1 heterocycles. The fourth-order valence-corrected chi connectivity index (χ4v) is 8.77. The van der Waals surface area contributed by atoms with Crippen molar-refractivity contribution in [2.45, 2.75) is 77.0 Å². The lowest BCUT2D eigenvalue weighted by Crippen LogP contribution is -2.67. The van der Waals surface area contributed by atoms with Gasteiger partial charge in [-0.05, 0) is 74.7 Å². The van der Waals surface area contributed by atoms with Crippen LogP contribution in [0.15, 0.2) is 0 Å². The molecule has 4 aliphatic carbocycles. The molecule has 164 valence electrons. The van der Waals surface area contributed by atoms with E-state index in [1.807, 2.05) is 0 Å². The second-order valence-corrected chi connectivity index (χ2v) is 11.6. The van der Waals surface area contributed by atoms with E-state index in [0.717, 1.165) is 71.1 Å². The standard InChI is InChI=1S/C24H40N2O3/c1-23-7-6-18-16(17(23)4-5-22(23)29)14-20(28)19-12-15(27)13-21(24(18,19)2)26-10-8-25(3)9-11-26/h15-21,27-28H,4-14H2,1-3H3/t15?,16-,17-,18+,19?,20?,21?,23-,24+/m0/s1. The Bertz CT molecular complexity index is 663. The summed E-state index contributed by atoms with van der Waals surface area (Å²) in [5.41, 5.74) is -0.119. The molecule has 5 aliphatic rings. The lowest BCUT2D eigenvalue weighted by Gasteiger charge is -2.65. The average Bonchev–Trinajstić information content (AvgIpc) is 2.99. The third-order valence-corrected chi connectivity index (χ3v) is 10.4. The number of Topliss-reactive ketones (excluding diaryl/α,β-unsaturated/α-hetero) is 1. The number of aliphatic hydroxyl groups is 2. The highest BCUT2D eigenvalue weighted by molar-refractivity contribution is 5.87. The molecule has 0 aromatic rings. The number of ketones is 1. The van der Waals surface area contributed by atoms with E-state index in [1.165, 1.54) is 0 Å². The van der Waals surface area contributed by atoms with Crippen LogP contribution in [0.25, 0.3) is 0 Å². The molecule has 4 saturated carbocycles. The van der Waals surface area contributed by atoms with Gasteiger partial charge in [-0.25, -0.2) is 0 Å². The molecular weight excluding hydrogens is 364 g/mol. The number of hydrogen-bond acceptors (Lipinski definition) is 5. The van der Waals surface area contributed by atoms with E-state index in [2.05, 4.69) is 30.7 Å². The van der Waals surface area contributed by atoms with Gasteiger partial charge in [0.1, 0.15) is 5.78 Å². The van der Waals surface area contributed by atoms with Crippen LogP contribution in [0.5, 0.6) is 0 Å². The molecule has 9 atom stereocenters. The first kappa shape index (κ1) is 20.4. The second-order valence-electron chi connectivity index (χ2n) is 11.6. The van der Waals surface area contributed by atoms with Crippen molar-refractivity contribution in [2.75, 3.05) is 33.2 Å². The molecule has 0 bridgehead atoms. The molecule has 0 aromatic carbocycles. The van der Waals surface area contributed by atoms with Crippen molar-refractivity contribution < 1.29 is 15.0 Å². The number of carbonyl (C=O) groups excluding carboxylic acids is 1. The van der Waals surface area contributed by atoms with Crippen molar-refractivity contribution in [3.63, 3.8) is 0 Å². The van der Waals surface area contributed by atoms with Gasteiger partial charge in [0.2, 0.25) is 0 Å². The van der Waals surface area contributed by atoms with Crippen LogP contribution in [0.2, 0.25) is 0 Å². The van der Waals surface area contributed by atoms with Gasteiger partial charge in [0.25, 0.3) is 0 Å². The average molecular weight is 405 g/mol. The number of nitrogens with zero attached hydrogens (tertiary/aromatic N) is 2. The van der Waals surface area contributed by atoms with Gasteiger partial charge in [0.05, 0.1) is 12.2 Å². The Balaban J connectivity index is 1.50. The van der Waals surface area contributed by atoms with Gasteiger partial charge in [-0.1, -0.05) is 13.8 Å². The minimum atomic E-state index is -0.343. The zero-order valence-corrected chi connectivity index (χ0v) is 18.5. The Morgan fingerprint density at radius 3 is 2.38 bits per heavy atom. The molecule has 2 N–H and O–H groups in total. The van der Waals surface area contributed by atoms with Gasteiger partial charge in [0, 0.05) is 44.1 Å². The fraction of sp³-hybridized carbons (Fsp3) is 0.958. The van der Waals surface area contributed by atoms with Gasteiger partial charge in [-0.2, -0.15) is 0 Å². The number of likely N-dealkylation sites (N-methyl/N-ethyl adjacent to an activating group) is 1. The van der Waals surface area contributed by atoms with E-state index >= 15 is 0 Å². The predicted octanol–water partition coefficient (Wildman–Crippen LogP) is 2.16. The third kappa shape index (κ3) is 2.90. The summed E-state index contributed by atoms with van der Waals surface area (Å²) < 4.78 is 0. The fourth-order valence-electron chi connectivity index (χ4n) is 8.77. The van der Waals surface area contributed by atoms with Crippen LogP contribution >= 0.6 is 0 Å². The molecular formula is C24H40N2O3. The molecule has 5 fully saturated rings. The number of rotatable bonds is 1. The maximum Gasteiger partial charge on any atom is 0.139 e. The molecule has 0 spiro atoms. The van der Waals surface area contributed by atoms with Crippen LogP contribution in [0.1, 0.15) is 58.8 Å². The quantitative estimate of drug-likeness (QED) is 0.701. The van der Waals surface area contributed by atoms with Gasteiger partial charge in [-0.15, -0.1) is 0 Å². The molecule has 4 unspecified atom stereocenters. The minimum Gasteiger partial charge on any atom is -0.393 e. The second kappa shape index (κ2) is 7.01. The van der Waals surface area contributed by atoms with Crippen molar-refractivity contribution in [1.82, 2.24) is 9.80 Å². The summed E-state index contributed by atoms with van der Waals surface area (Å²) in [4.78, 5) is 17.8. The zero-order valence-electron chi connectivity index (χ0n) is 18.5. The summed E-state index contributed by atoms with van der Waals surface area (Å²) in [6, 6.07) is 0.342. The van der Waals surface area contributed by atoms with Crippen molar-refractivity contribution in [3.05, 3.63) is 0 Å². The van der Waals surface area contributed by atoms with Gasteiger partial charge in [0.15, 0.2) is 0 Å². The molecule has 29 heavy (non-hydrogen) atoms. The summed E-state index contributed by atoms with van der Waals surface area (Å²) in [7, 11) is 2.19. The van der Waals surface area contributed by atoms with Crippen LogP contribution in [0.4, 0.5) is 0 Å². The summed E-state index contributed by atoms with van der Waals surface area (Å²) in [5, 5.41) is 22.1. The predicted molar refractivity (Wildman–Crippen MR) is 112 cm³/mol. The van der Waals surface area contributed by atoms with Gasteiger partial charge in [-0.3, -0.25) is 9.69 Å². The lowest BCUT2D eigenvalue weighted by atomic mass is 9.43. The van der Waals surface area contributed by atoms with E-state index in [1.54, 1.807) is 0 Å². The number of carbonyl (C=O) groups is 1. The summed E-state index contributed by atoms with van der Waals surface area (Å²) >= 11 is 0. The Hall–Kier alpha value is -0.490. The van der Waals surface area contributed by atoms with Crippen molar-refractivity contribution in [3.8, 4) is 0 Å². The van der Waals surface area contributed by atoms with Crippen LogP contribution in [-0.2, 0) is 4.79 Å². The molecule has 0 amide bonds. The Morgan fingerprint density at radius 2 is 1.66 bits per heavy atom. The third-order valence-electron chi connectivity index (χ3n) is 10.4. The first-order chi connectivity index (χ1) is 13.7. The highest BCUT2D eigenvalue weighted by atomic mass is 16.3. The Labute approximate surface area is 175 Å². The van der Waals surface area contributed by atoms with Crippen LogP contribution < -0.4 is 0 Å². The Kier molecular flexibility index (Phi) is 4.94. The van der Waals surface area contributed by atoms with E-state index in [4.69, 9.17) is 0 Å². The Morgan fingerprint density at radius 1 is 0.931 bits per heavy atom. The highest BCUT2D eigenvalue weighted by Crippen LogP contribution is 2.66. The minimum absolute atomic E-state index is 0.0322. The van der Waals surface area contributed by atoms with Crippen molar-refractivity contribution in [2.24, 2.45) is 34.5 Å². The van der Waals surface area contributed by atoms with Gasteiger partial charge < -0.3 is 15.1 Å². The zero-order chi connectivity index (χ0) is 20.6. The van der Waals surface area contributed by atoms with E-state index in [0.29, 0.717) is 29.6 Å². The maximum atomic E-state index is 12.7. The van der Waals surface area contributed by atoms with E-state index in [-0.39, 0.29) is 29.0 Å². The van der Waals surface area contributed by atoms with Crippen molar-refractivity contribution >= 4 is 5.78 Å². The molecule has 5 nitrogen and oxygen atoms in total. The SMILES string of the molecule is CN1CCN(C2CC(O)CC3C(O)C[C@@H]4[C@@H](CC[C@]5(C)C(=O)CC[C@@H]45)[C@]32C)CC1. The molecule has 5 rings (SSSR count). The van der Waals surface area contributed by atoms with Crippen molar-refractivity contribution in [1.29, 1.82) is 0 Å². The van der Waals surface area contributed by atoms with E-state index < -0.39 is 0 Å². The smallest absolute Gasteiger partial charge is 0.139 e. The van der Waals surface area contributed by atoms with Crippen LogP contribution in [-0.4, -0.2) is 77.3 Å². The van der Waals surface area contributed by atoms with Crippen LogP contribution in [0.3, 0.4) is 0 Å². The largest absolute Gasteiger partial charge is 0.393 e. The monoisotopic (exact) mass is 404 g/mol. The number of fused-ring (bicyclic) bond motifs is 5. The first-order valence-electron chi connectivity index (χ1n) is 12.1. The molecule has 0 radical (unpaired) electrons. The summed E-state index contributed by atoms with van der Waals surface area (Å²) in [6.07, 6.45) is 5.67. The highest BCUT2D eigenvalue weighted by Gasteiger charge is 2.65. The first-order valence-corrected chi connectivity index (χ1v) is 12.1. The lowest BCUT2D eigenvalue weighted by molar-refractivity contribution is -0.200. The number of hydrogen-bond donors (Lipinski definition) is 2. The van der Waals surface area contributed by atoms with Gasteiger partial charge >= 0.3 is 0 Å².